The molecule has 4 nitrogen and oxygen atoms in total. The molecule has 17 heavy (non-hydrogen) atoms. The molecule has 0 aromatic rings. The molecule has 0 bridgehead atoms. The molecule has 1 rings (SSSR count). The van der Waals surface area contributed by atoms with Gasteiger partial charge in [0.25, 0.3) is 0 Å². The first kappa shape index (κ1) is 14.5. The lowest BCUT2D eigenvalue weighted by molar-refractivity contribution is -0.128. The molecule has 1 amide bonds. The van der Waals surface area contributed by atoms with Crippen molar-refractivity contribution in [2.75, 3.05) is 20.6 Å². The van der Waals surface area contributed by atoms with E-state index in [1.807, 2.05) is 14.1 Å². The number of hydrogen-bond acceptors (Lipinski definition) is 3. The number of nitrogens with one attached hydrogen (secondary N) is 1. The molecule has 4 atom stereocenters. The molecule has 0 heterocycles. The van der Waals surface area contributed by atoms with Crippen molar-refractivity contribution < 1.29 is 4.79 Å². The lowest BCUT2D eigenvalue weighted by atomic mass is 9.77. The smallest absolute Gasteiger partial charge is 0.223 e. The highest BCUT2D eigenvalue weighted by molar-refractivity contribution is 5.79. The quantitative estimate of drug-likeness (QED) is 0.766. The summed E-state index contributed by atoms with van der Waals surface area (Å²) < 4.78 is 0. The van der Waals surface area contributed by atoms with Crippen molar-refractivity contribution in [1.82, 2.24) is 10.2 Å². The predicted molar refractivity (Wildman–Crippen MR) is 70.6 cm³/mol. The van der Waals surface area contributed by atoms with Gasteiger partial charge in [0.15, 0.2) is 0 Å². The average Bonchev–Trinajstić information content (AvgIpc) is 2.15. The molecule has 0 radical (unpaired) electrons. The Morgan fingerprint density at radius 2 is 2.12 bits per heavy atom. The number of carbonyl (C=O) groups excluding carboxylic acids is 1. The van der Waals surface area contributed by atoms with Crippen molar-refractivity contribution in [2.24, 2.45) is 17.6 Å². The summed E-state index contributed by atoms with van der Waals surface area (Å²) in [6, 6.07) is 0.494. The van der Waals surface area contributed by atoms with Crippen LogP contribution in [0.2, 0.25) is 0 Å². The third kappa shape index (κ3) is 4.64. The van der Waals surface area contributed by atoms with E-state index in [0.717, 1.165) is 25.8 Å². The van der Waals surface area contributed by atoms with Crippen molar-refractivity contribution >= 4 is 5.91 Å². The van der Waals surface area contributed by atoms with Gasteiger partial charge in [-0.3, -0.25) is 4.79 Å². The van der Waals surface area contributed by atoms with E-state index in [1.54, 1.807) is 0 Å². The van der Waals surface area contributed by atoms with Gasteiger partial charge in [0.1, 0.15) is 0 Å². The Kier molecular flexibility index (Phi) is 5.40. The van der Waals surface area contributed by atoms with Crippen molar-refractivity contribution in [2.45, 2.75) is 45.2 Å². The van der Waals surface area contributed by atoms with Crippen LogP contribution in [-0.4, -0.2) is 43.5 Å². The van der Waals surface area contributed by atoms with Crippen molar-refractivity contribution in [1.29, 1.82) is 0 Å². The summed E-state index contributed by atoms with van der Waals surface area (Å²) in [5.41, 5.74) is 5.92. The molecular formula is C13H27N3O. The normalized spacial score (nSPS) is 31.3. The van der Waals surface area contributed by atoms with E-state index in [4.69, 9.17) is 5.73 Å². The number of nitrogens with two attached hydrogens (primary N) is 1. The van der Waals surface area contributed by atoms with E-state index in [9.17, 15) is 4.79 Å². The van der Waals surface area contributed by atoms with Gasteiger partial charge in [-0.25, -0.2) is 0 Å². The van der Waals surface area contributed by atoms with Gasteiger partial charge in [-0.15, -0.1) is 0 Å². The van der Waals surface area contributed by atoms with Crippen LogP contribution in [0.1, 0.15) is 33.1 Å². The van der Waals surface area contributed by atoms with Gasteiger partial charge >= 0.3 is 0 Å². The van der Waals surface area contributed by atoms with Crippen LogP contribution < -0.4 is 11.1 Å². The van der Waals surface area contributed by atoms with Crippen LogP contribution in [0.4, 0.5) is 0 Å². The molecule has 1 aliphatic carbocycles. The van der Waals surface area contributed by atoms with E-state index in [0.29, 0.717) is 5.92 Å². The Bertz CT molecular complexity index is 255. The molecule has 0 aromatic carbocycles. The number of nitrogens with zero attached hydrogens (tertiary/aromatic N) is 1. The highest BCUT2D eigenvalue weighted by atomic mass is 16.2. The van der Waals surface area contributed by atoms with Crippen molar-refractivity contribution in [3.63, 3.8) is 0 Å². The molecule has 100 valence electrons. The maximum absolute atomic E-state index is 12.1. The summed E-state index contributed by atoms with van der Waals surface area (Å²) in [6.07, 6.45) is 2.88. The lowest BCUT2D eigenvalue weighted by Crippen LogP contribution is -2.46. The third-order valence-electron chi connectivity index (χ3n) is 3.57. The predicted octanol–water partition coefficient (Wildman–Crippen LogP) is 0.816. The molecule has 1 fully saturated rings. The summed E-state index contributed by atoms with van der Waals surface area (Å²) in [6.45, 7) is 5.07. The Hall–Kier alpha value is -0.610. The number of carbonyl (C=O) groups is 1. The van der Waals surface area contributed by atoms with Gasteiger partial charge in [-0.2, -0.15) is 0 Å². The van der Waals surface area contributed by atoms with Crippen LogP contribution in [0.5, 0.6) is 0 Å². The second-order valence-electron chi connectivity index (χ2n) is 5.83. The SMILES string of the molecule is CC(CN(C)C)NC(=O)C1CCC(N)CC1C. The molecular weight excluding hydrogens is 214 g/mol. The van der Waals surface area contributed by atoms with Crippen molar-refractivity contribution in [3.05, 3.63) is 0 Å². The molecule has 3 N–H and O–H groups in total. The molecule has 0 spiro atoms. The fraction of sp³-hybridized carbons (Fsp3) is 0.923. The monoisotopic (exact) mass is 241 g/mol. The summed E-state index contributed by atoms with van der Waals surface area (Å²) in [4.78, 5) is 14.2. The second kappa shape index (κ2) is 6.36. The minimum Gasteiger partial charge on any atom is -0.352 e. The number of amides is 1. The lowest BCUT2D eigenvalue weighted by Gasteiger charge is -2.32. The molecule has 0 saturated heterocycles. The van der Waals surface area contributed by atoms with Gasteiger partial charge < -0.3 is 16.0 Å². The Labute approximate surface area is 105 Å². The highest BCUT2D eigenvalue weighted by Crippen LogP contribution is 2.29. The van der Waals surface area contributed by atoms with Gasteiger partial charge in [0, 0.05) is 24.5 Å². The molecule has 0 aliphatic heterocycles. The molecule has 0 aromatic heterocycles. The van der Waals surface area contributed by atoms with Crippen LogP contribution in [0.25, 0.3) is 0 Å². The number of likely N-dealkylation sites (N-methyl/N-ethyl adjacent to an activating group) is 1. The minimum atomic E-state index is 0.152. The Morgan fingerprint density at radius 1 is 1.47 bits per heavy atom. The van der Waals surface area contributed by atoms with E-state index in [-0.39, 0.29) is 23.9 Å². The summed E-state index contributed by atoms with van der Waals surface area (Å²) in [7, 11) is 4.04. The third-order valence-corrected chi connectivity index (χ3v) is 3.57. The van der Waals surface area contributed by atoms with E-state index in [2.05, 4.69) is 24.1 Å². The summed E-state index contributed by atoms with van der Waals surface area (Å²) >= 11 is 0. The number of hydrogen-bond donors (Lipinski definition) is 2. The molecule has 1 aliphatic rings. The van der Waals surface area contributed by atoms with E-state index in [1.165, 1.54) is 0 Å². The molecule has 1 saturated carbocycles. The summed E-state index contributed by atoms with van der Waals surface area (Å²) in [5.74, 6) is 0.767. The first-order valence-electron chi connectivity index (χ1n) is 6.60. The van der Waals surface area contributed by atoms with Crippen LogP contribution in [0, 0.1) is 11.8 Å². The fourth-order valence-electron chi connectivity index (χ4n) is 2.77. The fourth-order valence-corrected chi connectivity index (χ4v) is 2.77. The summed E-state index contributed by atoms with van der Waals surface area (Å²) in [5, 5.41) is 3.10. The van der Waals surface area contributed by atoms with Crippen LogP contribution >= 0.6 is 0 Å². The van der Waals surface area contributed by atoms with Gasteiger partial charge in [-0.1, -0.05) is 6.92 Å². The minimum absolute atomic E-state index is 0.152. The van der Waals surface area contributed by atoms with E-state index < -0.39 is 0 Å². The number of rotatable bonds is 4. The second-order valence-corrected chi connectivity index (χ2v) is 5.83. The first-order chi connectivity index (χ1) is 7.90. The van der Waals surface area contributed by atoms with E-state index >= 15 is 0 Å². The van der Waals surface area contributed by atoms with Gasteiger partial charge in [-0.05, 0) is 46.2 Å². The van der Waals surface area contributed by atoms with Gasteiger partial charge in [0.05, 0.1) is 0 Å². The molecule has 4 heteroatoms. The Morgan fingerprint density at radius 3 is 2.65 bits per heavy atom. The average molecular weight is 241 g/mol. The zero-order valence-corrected chi connectivity index (χ0v) is 11.6. The topological polar surface area (TPSA) is 58.4 Å². The van der Waals surface area contributed by atoms with Gasteiger partial charge in [0.2, 0.25) is 5.91 Å². The highest BCUT2D eigenvalue weighted by Gasteiger charge is 2.31. The zero-order valence-electron chi connectivity index (χ0n) is 11.6. The maximum Gasteiger partial charge on any atom is 0.223 e. The maximum atomic E-state index is 12.1. The van der Waals surface area contributed by atoms with Crippen LogP contribution in [-0.2, 0) is 4.79 Å². The van der Waals surface area contributed by atoms with Crippen LogP contribution in [0.3, 0.4) is 0 Å². The van der Waals surface area contributed by atoms with Crippen LogP contribution in [0.15, 0.2) is 0 Å². The Balaban J connectivity index is 2.41. The largest absolute Gasteiger partial charge is 0.352 e. The first-order valence-corrected chi connectivity index (χ1v) is 6.60. The zero-order chi connectivity index (χ0) is 13.0. The van der Waals surface area contributed by atoms with Crippen molar-refractivity contribution in [3.8, 4) is 0 Å². The molecule has 4 unspecified atom stereocenters. The standard InChI is InChI=1S/C13H27N3O/c1-9-7-11(14)5-6-12(9)13(17)15-10(2)8-16(3)4/h9-12H,5-8,14H2,1-4H3,(H,15,17).